The second kappa shape index (κ2) is 7.95. The Hall–Kier alpha value is -0.650. The first-order chi connectivity index (χ1) is 10.8. The number of alkyl halides is 3. The maximum Gasteiger partial charge on any atom is 0.254 e. The fourth-order valence-electron chi connectivity index (χ4n) is 1.77. The highest BCUT2D eigenvalue weighted by Gasteiger charge is 2.34. The average Bonchev–Trinajstić information content (AvgIpc) is 2.48. The summed E-state index contributed by atoms with van der Waals surface area (Å²) in [5, 5.41) is 5.93. The Morgan fingerprint density at radius 1 is 1.04 bits per heavy atom. The molecule has 0 fully saturated rings. The molecule has 0 spiro atoms. The third kappa shape index (κ3) is 5.44. The molecular weight excluding hydrogens is 446 g/mol. The van der Waals surface area contributed by atoms with Gasteiger partial charge in [-0.25, -0.2) is 0 Å². The van der Waals surface area contributed by atoms with Gasteiger partial charge in [-0.05, 0) is 36.4 Å². The molecule has 0 saturated carbocycles. The molecule has 2 rings (SSSR count). The fraction of sp³-hybridized carbons (Fsp3) is 0.133. The third-order valence-corrected chi connectivity index (χ3v) is 4.39. The van der Waals surface area contributed by atoms with Gasteiger partial charge in [-0.15, -0.1) is 0 Å². The van der Waals surface area contributed by atoms with E-state index < -0.39 is 15.9 Å². The van der Waals surface area contributed by atoms with E-state index >= 15 is 0 Å². The van der Waals surface area contributed by atoms with Gasteiger partial charge in [0.1, 0.15) is 6.17 Å². The maximum atomic E-state index is 12.3. The van der Waals surface area contributed by atoms with Gasteiger partial charge in [0.15, 0.2) is 0 Å². The molecule has 0 aliphatic heterocycles. The standard InChI is InChI=1S/C15H11BrCl4N2O/c16-9-5-7-10(8-6-9)21-14(15(18,19)20)22-13(23)11-3-1-2-4-12(11)17/h1-8,14,21H,(H,22,23)/t14-/m0/s1. The predicted molar refractivity (Wildman–Crippen MR) is 101 cm³/mol. The Balaban J connectivity index is 2.18. The predicted octanol–water partition coefficient (Wildman–Crippen LogP) is 5.64. The number of nitrogens with one attached hydrogen (secondary N) is 2. The van der Waals surface area contributed by atoms with Crippen LogP contribution in [0.3, 0.4) is 0 Å². The van der Waals surface area contributed by atoms with Crippen LogP contribution in [0.4, 0.5) is 5.69 Å². The van der Waals surface area contributed by atoms with Gasteiger partial charge in [-0.3, -0.25) is 4.79 Å². The molecule has 0 aliphatic carbocycles. The first kappa shape index (κ1) is 18.7. The molecule has 0 aromatic heterocycles. The molecular formula is C15H11BrCl4N2O. The van der Waals surface area contributed by atoms with E-state index in [1.54, 1.807) is 36.4 Å². The number of hydrogen-bond donors (Lipinski definition) is 2. The van der Waals surface area contributed by atoms with E-state index in [2.05, 4.69) is 26.6 Å². The summed E-state index contributed by atoms with van der Waals surface area (Å²) < 4.78 is -0.849. The summed E-state index contributed by atoms with van der Waals surface area (Å²) in [6, 6.07) is 13.9. The van der Waals surface area contributed by atoms with Crippen molar-refractivity contribution in [3.8, 4) is 0 Å². The van der Waals surface area contributed by atoms with E-state index in [1.165, 1.54) is 0 Å². The summed E-state index contributed by atoms with van der Waals surface area (Å²) in [5.74, 6) is -0.448. The Labute approximate surface area is 162 Å². The zero-order valence-electron chi connectivity index (χ0n) is 11.5. The maximum absolute atomic E-state index is 12.3. The number of carbonyl (C=O) groups is 1. The van der Waals surface area contributed by atoms with Crippen LogP contribution in [0.2, 0.25) is 5.02 Å². The van der Waals surface area contributed by atoms with Crippen molar-refractivity contribution in [3.05, 3.63) is 63.6 Å². The summed E-state index contributed by atoms with van der Waals surface area (Å²) in [4.78, 5) is 12.3. The molecule has 122 valence electrons. The van der Waals surface area contributed by atoms with Crippen molar-refractivity contribution in [2.24, 2.45) is 0 Å². The number of carbonyl (C=O) groups excluding carboxylic acids is 1. The highest BCUT2D eigenvalue weighted by Crippen LogP contribution is 2.31. The first-order valence-electron chi connectivity index (χ1n) is 6.41. The lowest BCUT2D eigenvalue weighted by atomic mass is 10.2. The molecule has 0 aliphatic rings. The van der Waals surface area contributed by atoms with E-state index in [0.29, 0.717) is 16.3 Å². The number of anilines is 1. The van der Waals surface area contributed by atoms with E-state index in [-0.39, 0.29) is 0 Å². The van der Waals surface area contributed by atoms with Crippen molar-refractivity contribution in [3.63, 3.8) is 0 Å². The number of halogens is 5. The van der Waals surface area contributed by atoms with Gasteiger partial charge in [-0.2, -0.15) is 0 Å². The SMILES string of the molecule is O=C(N[C@H](Nc1ccc(Br)cc1)C(Cl)(Cl)Cl)c1ccccc1Cl. The zero-order chi connectivity index (χ0) is 17.0. The number of hydrogen-bond acceptors (Lipinski definition) is 2. The molecule has 2 aromatic rings. The highest BCUT2D eigenvalue weighted by molar-refractivity contribution is 9.10. The van der Waals surface area contributed by atoms with E-state index in [9.17, 15) is 4.79 Å². The lowest BCUT2D eigenvalue weighted by Crippen LogP contribution is -2.49. The first-order valence-corrected chi connectivity index (χ1v) is 8.72. The number of benzene rings is 2. The van der Waals surface area contributed by atoms with Crippen LogP contribution in [0.1, 0.15) is 10.4 Å². The van der Waals surface area contributed by atoms with Gasteiger partial charge >= 0.3 is 0 Å². The van der Waals surface area contributed by atoms with Gasteiger partial charge in [0, 0.05) is 10.2 Å². The molecule has 2 N–H and O–H groups in total. The monoisotopic (exact) mass is 454 g/mol. The van der Waals surface area contributed by atoms with E-state index in [1.807, 2.05) is 12.1 Å². The Bertz CT molecular complexity index is 689. The summed E-state index contributed by atoms with van der Waals surface area (Å²) in [5.41, 5.74) is 0.981. The Morgan fingerprint density at radius 3 is 2.22 bits per heavy atom. The van der Waals surface area contributed by atoms with Crippen molar-refractivity contribution in [2.45, 2.75) is 9.96 Å². The molecule has 0 saturated heterocycles. The quantitative estimate of drug-likeness (QED) is 0.461. The minimum atomic E-state index is -1.76. The largest absolute Gasteiger partial charge is 0.362 e. The molecule has 0 heterocycles. The fourth-order valence-corrected chi connectivity index (χ4v) is 2.58. The molecule has 8 heteroatoms. The molecule has 23 heavy (non-hydrogen) atoms. The highest BCUT2D eigenvalue weighted by atomic mass is 79.9. The minimum absolute atomic E-state index is 0.297. The van der Waals surface area contributed by atoms with Crippen LogP contribution < -0.4 is 10.6 Å². The van der Waals surface area contributed by atoms with Crippen LogP contribution in [-0.4, -0.2) is 15.9 Å². The summed E-state index contributed by atoms with van der Waals surface area (Å²) in [6.45, 7) is 0. The van der Waals surface area contributed by atoms with E-state index in [0.717, 1.165) is 4.47 Å². The van der Waals surface area contributed by atoms with Crippen LogP contribution >= 0.6 is 62.3 Å². The summed E-state index contributed by atoms with van der Waals surface area (Å²) >= 11 is 27.2. The molecule has 3 nitrogen and oxygen atoms in total. The molecule has 0 radical (unpaired) electrons. The van der Waals surface area contributed by atoms with Crippen LogP contribution in [-0.2, 0) is 0 Å². The van der Waals surface area contributed by atoms with E-state index in [4.69, 9.17) is 46.4 Å². The third-order valence-electron chi connectivity index (χ3n) is 2.88. The molecule has 1 atom stereocenters. The topological polar surface area (TPSA) is 41.1 Å². The zero-order valence-corrected chi connectivity index (χ0v) is 16.1. The summed E-state index contributed by atoms with van der Waals surface area (Å²) in [6.07, 6.45) is -0.947. The van der Waals surface area contributed by atoms with Gasteiger partial charge < -0.3 is 10.6 Å². The van der Waals surface area contributed by atoms with Crippen molar-refractivity contribution >= 4 is 73.9 Å². The smallest absolute Gasteiger partial charge is 0.254 e. The normalized spacial score (nSPS) is 12.6. The lowest BCUT2D eigenvalue weighted by Gasteiger charge is -2.27. The van der Waals surface area contributed by atoms with Crippen molar-refractivity contribution in [2.75, 3.05) is 5.32 Å². The van der Waals surface area contributed by atoms with Gasteiger partial charge in [-0.1, -0.05) is 74.5 Å². The van der Waals surface area contributed by atoms with Crippen LogP contribution in [0.5, 0.6) is 0 Å². The van der Waals surface area contributed by atoms with Crippen LogP contribution in [0, 0.1) is 0 Å². The molecule has 0 bridgehead atoms. The second-order valence-electron chi connectivity index (χ2n) is 4.58. The molecule has 2 aromatic carbocycles. The summed E-state index contributed by atoms with van der Waals surface area (Å²) in [7, 11) is 0. The van der Waals surface area contributed by atoms with Crippen LogP contribution in [0.15, 0.2) is 53.0 Å². The van der Waals surface area contributed by atoms with Crippen molar-refractivity contribution in [1.82, 2.24) is 5.32 Å². The molecule has 1 amide bonds. The Kier molecular flexibility index (Phi) is 6.46. The number of rotatable bonds is 4. The minimum Gasteiger partial charge on any atom is -0.362 e. The Morgan fingerprint density at radius 2 is 1.65 bits per heavy atom. The van der Waals surface area contributed by atoms with Gasteiger partial charge in [0.25, 0.3) is 5.91 Å². The van der Waals surface area contributed by atoms with Crippen molar-refractivity contribution < 1.29 is 4.79 Å². The molecule has 0 unspecified atom stereocenters. The number of amides is 1. The lowest BCUT2D eigenvalue weighted by molar-refractivity contribution is 0.0942. The second-order valence-corrected chi connectivity index (χ2v) is 8.27. The van der Waals surface area contributed by atoms with Crippen LogP contribution in [0.25, 0.3) is 0 Å². The average molecular weight is 457 g/mol. The van der Waals surface area contributed by atoms with Gasteiger partial charge in [0.2, 0.25) is 3.79 Å². The van der Waals surface area contributed by atoms with Gasteiger partial charge in [0.05, 0.1) is 10.6 Å². The van der Waals surface area contributed by atoms with Crippen molar-refractivity contribution in [1.29, 1.82) is 0 Å².